The number of unbranched alkanes of at least 4 members (excludes halogenated alkanes) is 3. The highest BCUT2D eigenvalue weighted by molar-refractivity contribution is 5.93. The van der Waals surface area contributed by atoms with Gasteiger partial charge in [-0.3, -0.25) is 10.1 Å². The normalized spacial score (nSPS) is 11.0. The van der Waals surface area contributed by atoms with Crippen LogP contribution in [0.25, 0.3) is 11.0 Å². The van der Waals surface area contributed by atoms with E-state index in [-0.39, 0.29) is 17.2 Å². The molecule has 0 amide bonds. The van der Waals surface area contributed by atoms with Gasteiger partial charge in [0, 0.05) is 31.7 Å². The zero-order valence-corrected chi connectivity index (χ0v) is 22.8. The fraction of sp³-hybridized carbons (Fsp3) is 0.423. The highest BCUT2D eigenvalue weighted by Gasteiger charge is 2.19. The number of nitro groups is 1. The lowest BCUT2D eigenvalue weighted by Gasteiger charge is -2.13. The smallest absolute Gasteiger partial charge is 0.300 e. The number of hydrogen-bond donors (Lipinski definition) is 4. The van der Waals surface area contributed by atoms with Crippen LogP contribution in [0.2, 0.25) is 0 Å². The van der Waals surface area contributed by atoms with Gasteiger partial charge in [-0.1, -0.05) is 25.0 Å². The minimum absolute atomic E-state index is 0.126. The molecule has 0 aliphatic rings. The van der Waals surface area contributed by atoms with Gasteiger partial charge in [0.2, 0.25) is 23.4 Å². The zero-order valence-electron chi connectivity index (χ0n) is 22.8. The summed E-state index contributed by atoms with van der Waals surface area (Å²) in [4.78, 5) is 24.2. The molecule has 2 aromatic heterocycles. The van der Waals surface area contributed by atoms with Gasteiger partial charge in [0.05, 0.1) is 17.7 Å². The van der Waals surface area contributed by atoms with E-state index in [0.29, 0.717) is 42.1 Å². The molecule has 0 unspecified atom stereocenters. The Labute approximate surface area is 231 Å². The number of non-ortho nitro benzene ring substituents is 1. The first-order valence-corrected chi connectivity index (χ1v) is 13.2. The van der Waals surface area contributed by atoms with Crippen LogP contribution in [0.3, 0.4) is 0 Å². The SMILES string of the molecule is COc1cccc(CNc2nc(NCCCCCCNc3ccc([N+](=O)[O-])c4nonc34)nc(NC(C)C)n2)c1. The van der Waals surface area contributed by atoms with E-state index in [2.05, 4.69) is 46.5 Å². The van der Waals surface area contributed by atoms with Crippen LogP contribution in [0.1, 0.15) is 45.1 Å². The fourth-order valence-corrected chi connectivity index (χ4v) is 3.99. The Bertz CT molecular complexity index is 1410. The number of anilines is 4. The third-order valence-corrected chi connectivity index (χ3v) is 5.93. The largest absolute Gasteiger partial charge is 0.497 e. The summed E-state index contributed by atoms with van der Waals surface area (Å²) in [6.45, 7) is 6.03. The number of aromatic nitrogens is 5. The predicted molar refractivity (Wildman–Crippen MR) is 153 cm³/mol. The molecule has 4 N–H and O–H groups in total. The molecule has 0 radical (unpaired) electrons. The third kappa shape index (κ3) is 7.88. The summed E-state index contributed by atoms with van der Waals surface area (Å²) in [6, 6.07) is 11.0. The van der Waals surface area contributed by atoms with Crippen molar-refractivity contribution in [2.75, 3.05) is 41.5 Å². The maximum absolute atomic E-state index is 11.1. The van der Waals surface area contributed by atoms with Gasteiger partial charge in [-0.2, -0.15) is 15.0 Å². The van der Waals surface area contributed by atoms with Gasteiger partial charge in [-0.05, 0) is 60.8 Å². The van der Waals surface area contributed by atoms with Crippen molar-refractivity contribution in [2.24, 2.45) is 0 Å². The molecule has 0 bridgehead atoms. The molecule has 0 aliphatic carbocycles. The number of nitrogens with one attached hydrogen (secondary N) is 4. The van der Waals surface area contributed by atoms with Crippen LogP contribution < -0.4 is 26.0 Å². The molecule has 14 nitrogen and oxygen atoms in total. The van der Waals surface area contributed by atoms with Crippen LogP contribution in [-0.2, 0) is 6.54 Å². The summed E-state index contributed by atoms with van der Waals surface area (Å²) in [5.74, 6) is 2.30. The second kappa shape index (κ2) is 13.9. The summed E-state index contributed by atoms with van der Waals surface area (Å²) < 4.78 is 10.00. The Hall–Kier alpha value is -4.75. The number of nitro benzene ring substituents is 1. The van der Waals surface area contributed by atoms with Crippen LogP contribution in [0.5, 0.6) is 5.75 Å². The number of ether oxygens (including phenoxy) is 1. The van der Waals surface area contributed by atoms with Crippen LogP contribution >= 0.6 is 0 Å². The van der Waals surface area contributed by atoms with Gasteiger partial charge in [-0.25, -0.2) is 4.63 Å². The van der Waals surface area contributed by atoms with Crippen LogP contribution in [0, 0.1) is 10.1 Å². The molecule has 4 rings (SSSR count). The topological polar surface area (TPSA) is 178 Å². The van der Waals surface area contributed by atoms with Gasteiger partial charge >= 0.3 is 5.69 Å². The summed E-state index contributed by atoms with van der Waals surface area (Å²) in [5, 5.41) is 31.7. The number of nitrogens with zero attached hydrogens (tertiary/aromatic N) is 6. The van der Waals surface area contributed by atoms with Crippen LogP contribution in [0.15, 0.2) is 41.0 Å². The average molecular weight is 551 g/mol. The lowest BCUT2D eigenvalue weighted by atomic mass is 10.2. The summed E-state index contributed by atoms with van der Waals surface area (Å²) in [7, 11) is 1.65. The molecule has 212 valence electrons. The Morgan fingerprint density at radius 3 is 2.33 bits per heavy atom. The van der Waals surface area contributed by atoms with Crippen molar-refractivity contribution in [1.82, 2.24) is 25.3 Å². The van der Waals surface area contributed by atoms with E-state index < -0.39 is 4.92 Å². The second-order valence-corrected chi connectivity index (χ2v) is 9.43. The predicted octanol–water partition coefficient (Wildman–Crippen LogP) is 4.84. The fourth-order valence-electron chi connectivity index (χ4n) is 3.99. The number of hydrogen-bond acceptors (Lipinski definition) is 13. The quantitative estimate of drug-likeness (QED) is 0.0846. The van der Waals surface area contributed by atoms with Crippen molar-refractivity contribution >= 4 is 40.3 Å². The molecule has 2 aromatic carbocycles. The van der Waals surface area contributed by atoms with Crippen molar-refractivity contribution in [1.29, 1.82) is 0 Å². The minimum atomic E-state index is -0.497. The van der Waals surface area contributed by atoms with Gasteiger partial charge in [-0.15, -0.1) is 0 Å². The van der Waals surface area contributed by atoms with E-state index in [1.54, 1.807) is 13.2 Å². The molecule has 4 aromatic rings. The zero-order chi connectivity index (χ0) is 28.3. The lowest BCUT2D eigenvalue weighted by molar-refractivity contribution is -0.383. The summed E-state index contributed by atoms with van der Waals surface area (Å²) in [5.41, 5.74) is 2.10. The highest BCUT2D eigenvalue weighted by Crippen LogP contribution is 2.28. The van der Waals surface area contributed by atoms with E-state index >= 15 is 0 Å². The molecular weight excluding hydrogens is 516 g/mol. The van der Waals surface area contributed by atoms with E-state index in [4.69, 9.17) is 9.37 Å². The number of rotatable bonds is 16. The van der Waals surface area contributed by atoms with Crippen molar-refractivity contribution in [2.45, 2.75) is 52.1 Å². The van der Waals surface area contributed by atoms with Gasteiger partial charge in [0.15, 0.2) is 5.52 Å². The molecule has 0 fully saturated rings. The number of fused-ring (bicyclic) bond motifs is 1. The minimum Gasteiger partial charge on any atom is -0.497 e. The summed E-state index contributed by atoms with van der Waals surface area (Å²) in [6.07, 6.45) is 3.89. The van der Waals surface area contributed by atoms with Crippen LogP contribution in [-0.4, -0.2) is 56.4 Å². The Morgan fingerprint density at radius 2 is 1.60 bits per heavy atom. The third-order valence-electron chi connectivity index (χ3n) is 5.93. The average Bonchev–Trinajstić information content (AvgIpc) is 3.43. The van der Waals surface area contributed by atoms with Crippen molar-refractivity contribution in [3.8, 4) is 5.75 Å². The molecule has 14 heteroatoms. The lowest BCUT2D eigenvalue weighted by Crippen LogP contribution is -2.16. The monoisotopic (exact) mass is 550 g/mol. The second-order valence-electron chi connectivity index (χ2n) is 9.43. The first-order valence-electron chi connectivity index (χ1n) is 13.2. The molecule has 0 atom stereocenters. The standard InChI is InChI=1S/C26H34N10O4/c1-17(2)30-26-32-24(31-25(33-26)29-16-18-9-8-10-19(15-18)39-3)28-14-7-5-4-6-13-27-20-11-12-21(36(37)38)23-22(20)34-40-35-23/h8-12,15,17,27H,4-7,13-14,16H2,1-3H3,(H3,28,29,30,31,32,33). The maximum Gasteiger partial charge on any atom is 0.300 e. The molecule has 0 aliphatic heterocycles. The van der Waals surface area contributed by atoms with E-state index in [1.807, 2.05) is 38.1 Å². The molecule has 0 saturated heterocycles. The van der Waals surface area contributed by atoms with Crippen molar-refractivity contribution < 1.29 is 14.3 Å². The molecular formula is C26H34N10O4. The first-order chi connectivity index (χ1) is 19.4. The van der Waals surface area contributed by atoms with E-state index in [1.165, 1.54) is 6.07 Å². The van der Waals surface area contributed by atoms with Crippen LogP contribution in [0.4, 0.5) is 29.2 Å². The Morgan fingerprint density at radius 1 is 0.900 bits per heavy atom. The molecule has 0 spiro atoms. The molecule has 0 saturated carbocycles. The van der Waals surface area contributed by atoms with Gasteiger partial charge < -0.3 is 26.0 Å². The maximum atomic E-state index is 11.1. The first kappa shape index (κ1) is 28.3. The van der Waals surface area contributed by atoms with E-state index in [0.717, 1.165) is 43.5 Å². The van der Waals surface area contributed by atoms with E-state index in [9.17, 15) is 10.1 Å². The summed E-state index contributed by atoms with van der Waals surface area (Å²) >= 11 is 0. The van der Waals surface area contributed by atoms with Crippen molar-refractivity contribution in [3.05, 3.63) is 52.1 Å². The van der Waals surface area contributed by atoms with Crippen molar-refractivity contribution in [3.63, 3.8) is 0 Å². The highest BCUT2D eigenvalue weighted by atomic mass is 16.6. The molecule has 40 heavy (non-hydrogen) atoms. The van der Waals surface area contributed by atoms with Gasteiger partial charge in [0.25, 0.3) is 0 Å². The number of methoxy groups -OCH3 is 1. The van der Waals surface area contributed by atoms with Gasteiger partial charge in [0.1, 0.15) is 5.75 Å². The molecule has 2 heterocycles. The Kier molecular flexibility index (Phi) is 9.80. The Balaban J connectivity index is 1.21. The number of benzene rings is 2.